The number of fused-ring (bicyclic) bond motifs is 5. The lowest BCUT2D eigenvalue weighted by Crippen LogP contribution is -2.43. The van der Waals surface area contributed by atoms with Gasteiger partial charge in [0.15, 0.2) is 0 Å². The molecule has 5 heteroatoms. The van der Waals surface area contributed by atoms with E-state index in [-0.39, 0.29) is 11.8 Å². The van der Waals surface area contributed by atoms with Gasteiger partial charge in [-0.25, -0.2) is 4.90 Å². The van der Waals surface area contributed by atoms with Crippen molar-refractivity contribution < 1.29 is 14.3 Å². The molecule has 146 valence electrons. The Morgan fingerprint density at radius 1 is 1.10 bits per heavy atom. The van der Waals surface area contributed by atoms with E-state index in [0.29, 0.717) is 17.7 Å². The van der Waals surface area contributed by atoms with Crippen molar-refractivity contribution in [3.63, 3.8) is 0 Å². The van der Waals surface area contributed by atoms with Gasteiger partial charge in [-0.3, -0.25) is 9.59 Å². The molecule has 0 aromatic heterocycles. The van der Waals surface area contributed by atoms with Crippen LogP contribution in [-0.2, 0) is 20.7 Å². The number of imide groups is 1. The minimum Gasteiger partial charge on any atom is -0.367 e. The highest BCUT2D eigenvalue weighted by Crippen LogP contribution is 2.62. The highest BCUT2D eigenvalue weighted by Gasteiger charge is 2.73. The summed E-state index contributed by atoms with van der Waals surface area (Å²) in [6.45, 7) is 3.79. The molecule has 5 nitrogen and oxygen atoms in total. The summed E-state index contributed by atoms with van der Waals surface area (Å²) in [5.41, 5.74) is 1.72. The van der Waals surface area contributed by atoms with E-state index >= 15 is 0 Å². The summed E-state index contributed by atoms with van der Waals surface area (Å²) < 4.78 is 6.49. The molecule has 0 aliphatic carbocycles. The Hall–Kier alpha value is -2.97. The lowest BCUT2D eigenvalue weighted by molar-refractivity contribution is -0.130. The fourth-order valence-corrected chi connectivity index (χ4v) is 5.62. The van der Waals surface area contributed by atoms with Crippen molar-refractivity contribution in [2.75, 3.05) is 4.90 Å². The number of anilines is 1. The SMILES string of the molecule is Cc1cc(N2C(=O)[C@@H]3[C@H](C2=O)C2(Cc4ccccc4)CCC3(C)O2)ccc1C#N. The molecule has 0 radical (unpaired) electrons. The summed E-state index contributed by atoms with van der Waals surface area (Å²) in [6, 6.07) is 17.3. The standard InChI is InChI=1S/C24H22N2O3/c1-15-12-18(9-8-17(15)14-25)26-21(27)19-20(22(26)28)24(11-10-23(19,2)29-24)13-16-6-4-3-5-7-16/h3-9,12,19-20H,10-11,13H2,1-2H3/t19-,20+,23?,24?/m0/s1. The third-order valence-electron chi connectivity index (χ3n) is 6.95. The highest BCUT2D eigenvalue weighted by atomic mass is 16.5. The van der Waals surface area contributed by atoms with E-state index < -0.39 is 23.0 Å². The molecule has 2 unspecified atom stereocenters. The molecule has 5 rings (SSSR count). The number of rotatable bonds is 3. The van der Waals surface area contributed by atoms with Crippen LogP contribution in [0.25, 0.3) is 0 Å². The molecule has 3 aliphatic rings. The normalized spacial score (nSPS) is 32.5. The van der Waals surface area contributed by atoms with Gasteiger partial charge in [0.1, 0.15) is 0 Å². The van der Waals surface area contributed by atoms with Gasteiger partial charge in [-0.15, -0.1) is 0 Å². The molecule has 2 aromatic carbocycles. The van der Waals surface area contributed by atoms with Crippen LogP contribution in [0, 0.1) is 30.1 Å². The second-order valence-electron chi connectivity index (χ2n) is 8.72. The first-order chi connectivity index (χ1) is 13.9. The Bertz CT molecular complexity index is 1070. The fourth-order valence-electron chi connectivity index (χ4n) is 5.62. The molecule has 2 aromatic rings. The zero-order valence-corrected chi connectivity index (χ0v) is 16.5. The average Bonchev–Trinajstić information content (AvgIpc) is 3.27. The number of hydrogen-bond donors (Lipinski definition) is 0. The summed E-state index contributed by atoms with van der Waals surface area (Å²) in [5, 5.41) is 9.18. The Labute approximate surface area is 169 Å². The minimum atomic E-state index is -0.635. The van der Waals surface area contributed by atoms with Crippen molar-refractivity contribution in [2.24, 2.45) is 11.8 Å². The van der Waals surface area contributed by atoms with E-state index in [1.165, 1.54) is 4.90 Å². The Morgan fingerprint density at radius 2 is 1.83 bits per heavy atom. The van der Waals surface area contributed by atoms with Crippen molar-refractivity contribution in [1.29, 1.82) is 5.26 Å². The number of hydrogen-bond acceptors (Lipinski definition) is 4. The molecule has 2 amide bonds. The van der Waals surface area contributed by atoms with Crippen molar-refractivity contribution in [2.45, 2.75) is 44.3 Å². The summed E-state index contributed by atoms with van der Waals surface area (Å²) in [7, 11) is 0. The molecule has 4 atom stereocenters. The molecule has 0 saturated carbocycles. The summed E-state index contributed by atoms with van der Waals surface area (Å²) in [5.74, 6) is -1.28. The molecule has 0 spiro atoms. The molecule has 3 aliphatic heterocycles. The van der Waals surface area contributed by atoms with Crippen LogP contribution in [0.1, 0.15) is 36.5 Å². The van der Waals surface area contributed by atoms with E-state index in [4.69, 9.17) is 4.74 Å². The van der Waals surface area contributed by atoms with Gasteiger partial charge < -0.3 is 4.74 Å². The molecular formula is C24H22N2O3. The Kier molecular flexibility index (Phi) is 3.75. The van der Waals surface area contributed by atoms with Crippen LogP contribution in [0.3, 0.4) is 0 Å². The van der Waals surface area contributed by atoms with Crippen LogP contribution in [0.4, 0.5) is 5.69 Å². The van der Waals surface area contributed by atoms with Crippen LogP contribution in [0.15, 0.2) is 48.5 Å². The second kappa shape index (κ2) is 6.01. The predicted molar refractivity (Wildman–Crippen MR) is 107 cm³/mol. The third-order valence-corrected chi connectivity index (χ3v) is 6.95. The minimum absolute atomic E-state index is 0.177. The predicted octanol–water partition coefficient (Wildman–Crippen LogP) is 3.54. The zero-order valence-electron chi connectivity index (χ0n) is 16.5. The molecule has 29 heavy (non-hydrogen) atoms. The lowest BCUT2D eigenvalue weighted by Gasteiger charge is -2.31. The molecular weight excluding hydrogens is 364 g/mol. The van der Waals surface area contributed by atoms with Gasteiger partial charge in [-0.2, -0.15) is 5.26 Å². The lowest BCUT2D eigenvalue weighted by atomic mass is 9.66. The quantitative estimate of drug-likeness (QED) is 0.757. The number of carbonyl (C=O) groups is 2. The van der Waals surface area contributed by atoms with Crippen LogP contribution in [0.5, 0.6) is 0 Å². The molecule has 3 fully saturated rings. The van der Waals surface area contributed by atoms with Gasteiger partial charge in [0.2, 0.25) is 11.8 Å². The van der Waals surface area contributed by atoms with Gasteiger partial charge in [-0.05, 0) is 56.0 Å². The van der Waals surface area contributed by atoms with E-state index in [1.54, 1.807) is 18.2 Å². The summed E-state index contributed by atoms with van der Waals surface area (Å²) in [6.07, 6.45) is 2.18. The second-order valence-corrected chi connectivity index (χ2v) is 8.72. The van der Waals surface area contributed by atoms with Gasteiger partial charge in [0.25, 0.3) is 0 Å². The number of aryl methyl sites for hydroxylation is 1. The number of ether oxygens (including phenoxy) is 1. The van der Waals surface area contributed by atoms with Gasteiger partial charge >= 0.3 is 0 Å². The fraction of sp³-hybridized carbons (Fsp3) is 0.375. The maximum atomic E-state index is 13.6. The van der Waals surface area contributed by atoms with Crippen LogP contribution < -0.4 is 4.90 Å². The molecule has 3 heterocycles. The van der Waals surface area contributed by atoms with E-state index in [0.717, 1.165) is 24.0 Å². The summed E-state index contributed by atoms with van der Waals surface area (Å²) >= 11 is 0. The number of nitrogens with zero attached hydrogens (tertiary/aromatic N) is 2. The zero-order chi connectivity index (χ0) is 20.4. The van der Waals surface area contributed by atoms with E-state index in [9.17, 15) is 14.9 Å². The van der Waals surface area contributed by atoms with Crippen LogP contribution in [-0.4, -0.2) is 23.0 Å². The highest BCUT2D eigenvalue weighted by molar-refractivity contribution is 6.23. The third kappa shape index (κ3) is 2.42. The topological polar surface area (TPSA) is 70.4 Å². The van der Waals surface area contributed by atoms with E-state index in [1.807, 2.05) is 44.2 Å². The summed E-state index contributed by atoms with van der Waals surface area (Å²) in [4.78, 5) is 28.3. The van der Waals surface area contributed by atoms with Gasteiger partial charge in [0.05, 0.1) is 40.4 Å². The molecule has 2 bridgehead atoms. The number of nitriles is 1. The maximum absolute atomic E-state index is 13.6. The largest absolute Gasteiger partial charge is 0.367 e. The Morgan fingerprint density at radius 3 is 2.52 bits per heavy atom. The van der Waals surface area contributed by atoms with Gasteiger partial charge in [0, 0.05) is 6.42 Å². The first-order valence-corrected chi connectivity index (χ1v) is 10.0. The van der Waals surface area contributed by atoms with Crippen molar-refractivity contribution in [3.05, 3.63) is 65.2 Å². The van der Waals surface area contributed by atoms with Crippen LogP contribution in [0.2, 0.25) is 0 Å². The first-order valence-electron chi connectivity index (χ1n) is 10.0. The van der Waals surface area contributed by atoms with E-state index in [2.05, 4.69) is 6.07 Å². The van der Waals surface area contributed by atoms with Crippen LogP contribution >= 0.6 is 0 Å². The number of carbonyl (C=O) groups excluding carboxylic acids is 2. The monoisotopic (exact) mass is 386 g/mol. The number of benzene rings is 2. The molecule has 3 saturated heterocycles. The Balaban J connectivity index is 1.55. The van der Waals surface area contributed by atoms with Crippen molar-refractivity contribution in [3.8, 4) is 6.07 Å². The first kappa shape index (κ1) is 18.1. The maximum Gasteiger partial charge on any atom is 0.240 e. The van der Waals surface area contributed by atoms with Gasteiger partial charge in [-0.1, -0.05) is 30.3 Å². The van der Waals surface area contributed by atoms with Crippen molar-refractivity contribution in [1.82, 2.24) is 0 Å². The molecule has 0 N–H and O–H groups in total. The van der Waals surface area contributed by atoms with Crippen molar-refractivity contribution >= 4 is 17.5 Å². The smallest absolute Gasteiger partial charge is 0.240 e. The number of amides is 2. The average molecular weight is 386 g/mol.